The van der Waals surface area contributed by atoms with Gasteiger partial charge in [-0.25, -0.2) is 9.37 Å². The molecule has 0 atom stereocenters. The van der Waals surface area contributed by atoms with Gasteiger partial charge in [0, 0.05) is 28.2 Å². The maximum Gasteiger partial charge on any atom is 0.257 e. The number of fused-ring (bicyclic) bond motifs is 1. The van der Waals surface area contributed by atoms with Gasteiger partial charge in [0.15, 0.2) is 0 Å². The Labute approximate surface area is 168 Å². The lowest BCUT2D eigenvalue weighted by atomic mass is 10.1. The Balaban J connectivity index is 1.77. The van der Waals surface area contributed by atoms with Gasteiger partial charge in [0.05, 0.1) is 11.3 Å². The number of nitrogens with one attached hydrogen (secondary N) is 1. The van der Waals surface area contributed by atoms with Gasteiger partial charge in [0.1, 0.15) is 15.6 Å². The number of piperidine rings is 1. The summed E-state index contributed by atoms with van der Waals surface area (Å²) in [6.45, 7) is 1.54. The van der Waals surface area contributed by atoms with Crippen LogP contribution in [0.3, 0.4) is 0 Å². The summed E-state index contributed by atoms with van der Waals surface area (Å²) >= 11 is 3.46. The van der Waals surface area contributed by atoms with Crippen LogP contribution in [0.1, 0.15) is 29.6 Å². The summed E-state index contributed by atoms with van der Waals surface area (Å²) in [5.74, 6) is -0.337. The first kappa shape index (κ1) is 17.7. The highest BCUT2D eigenvalue weighted by atomic mass is 127. The van der Waals surface area contributed by atoms with Crippen LogP contribution in [0.25, 0.3) is 10.2 Å². The molecule has 4 rings (SSSR count). The number of carbonyl (C=O) groups is 1. The summed E-state index contributed by atoms with van der Waals surface area (Å²) in [6, 6.07) is 8.75. The Morgan fingerprint density at radius 1 is 1.23 bits per heavy atom. The summed E-state index contributed by atoms with van der Waals surface area (Å²) in [4.78, 5) is 20.3. The lowest BCUT2D eigenvalue weighted by Crippen LogP contribution is -2.35. The van der Waals surface area contributed by atoms with Crippen LogP contribution in [0, 0.1) is 9.39 Å². The van der Waals surface area contributed by atoms with Crippen molar-refractivity contribution in [2.75, 3.05) is 18.4 Å². The highest BCUT2D eigenvalue weighted by Crippen LogP contribution is 2.38. The van der Waals surface area contributed by atoms with Crippen molar-refractivity contribution < 1.29 is 9.18 Å². The SMILES string of the molecule is O=C(c1c(Nc2ccc(I)cc2F)sc2ncccc12)N1CCCCC1. The second-order valence-corrected chi connectivity index (χ2v) is 8.51. The minimum absolute atomic E-state index is 0.00244. The number of aromatic nitrogens is 1. The van der Waals surface area contributed by atoms with E-state index in [1.807, 2.05) is 23.1 Å². The van der Waals surface area contributed by atoms with E-state index in [9.17, 15) is 9.18 Å². The van der Waals surface area contributed by atoms with E-state index in [0.717, 1.165) is 46.1 Å². The molecule has 1 amide bonds. The van der Waals surface area contributed by atoms with Gasteiger partial charge >= 0.3 is 0 Å². The molecular weight excluding hydrogens is 464 g/mol. The van der Waals surface area contributed by atoms with Crippen LogP contribution >= 0.6 is 33.9 Å². The van der Waals surface area contributed by atoms with Gasteiger partial charge in [-0.3, -0.25) is 4.79 Å². The van der Waals surface area contributed by atoms with E-state index < -0.39 is 0 Å². The van der Waals surface area contributed by atoms with Gasteiger partial charge < -0.3 is 10.2 Å². The molecule has 26 heavy (non-hydrogen) atoms. The largest absolute Gasteiger partial charge is 0.344 e. The van der Waals surface area contributed by atoms with Crippen LogP contribution in [-0.2, 0) is 0 Å². The maximum absolute atomic E-state index is 14.3. The first-order chi connectivity index (χ1) is 12.6. The Bertz CT molecular complexity index is 969. The molecular formula is C19H17FIN3OS. The van der Waals surface area contributed by atoms with Gasteiger partial charge in [-0.15, -0.1) is 0 Å². The van der Waals surface area contributed by atoms with Crippen LogP contribution in [0.4, 0.5) is 15.1 Å². The molecule has 0 saturated carbocycles. The minimum Gasteiger partial charge on any atom is -0.344 e. The Morgan fingerprint density at radius 2 is 2.04 bits per heavy atom. The average molecular weight is 481 g/mol. The fourth-order valence-electron chi connectivity index (χ4n) is 3.20. The zero-order valence-electron chi connectivity index (χ0n) is 14.0. The van der Waals surface area contributed by atoms with Crippen molar-refractivity contribution in [2.45, 2.75) is 19.3 Å². The van der Waals surface area contributed by atoms with E-state index in [2.05, 4.69) is 32.9 Å². The van der Waals surface area contributed by atoms with Gasteiger partial charge in [0.2, 0.25) is 0 Å². The van der Waals surface area contributed by atoms with Crippen LogP contribution in [0.2, 0.25) is 0 Å². The van der Waals surface area contributed by atoms with Crippen molar-refractivity contribution in [2.24, 2.45) is 0 Å². The van der Waals surface area contributed by atoms with Crippen molar-refractivity contribution in [3.63, 3.8) is 0 Å². The van der Waals surface area contributed by atoms with Gasteiger partial charge in [-0.05, 0) is 72.2 Å². The summed E-state index contributed by atoms with van der Waals surface area (Å²) in [6.07, 6.45) is 4.93. The topological polar surface area (TPSA) is 45.2 Å². The number of rotatable bonds is 3. The number of likely N-dealkylation sites (tertiary alicyclic amines) is 1. The molecule has 3 heterocycles. The Morgan fingerprint density at radius 3 is 2.81 bits per heavy atom. The van der Waals surface area contributed by atoms with E-state index in [1.54, 1.807) is 12.3 Å². The number of hydrogen-bond acceptors (Lipinski definition) is 4. The molecule has 1 aliphatic heterocycles. The Kier molecular flexibility index (Phi) is 5.08. The number of pyridine rings is 1. The van der Waals surface area contributed by atoms with Crippen LogP contribution in [-0.4, -0.2) is 28.9 Å². The number of amides is 1. The first-order valence-corrected chi connectivity index (χ1v) is 10.4. The van der Waals surface area contributed by atoms with Gasteiger partial charge in [-0.1, -0.05) is 11.3 Å². The molecule has 3 aromatic rings. The van der Waals surface area contributed by atoms with E-state index in [0.29, 0.717) is 16.3 Å². The second-order valence-electron chi connectivity index (χ2n) is 6.26. The zero-order valence-corrected chi connectivity index (χ0v) is 16.9. The van der Waals surface area contributed by atoms with Crippen molar-refractivity contribution in [3.8, 4) is 0 Å². The number of carbonyl (C=O) groups excluding carboxylic acids is 1. The number of hydrogen-bond donors (Lipinski definition) is 1. The van der Waals surface area contributed by atoms with E-state index >= 15 is 0 Å². The molecule has 0 bridgehead atoms. The van der Waals surface area contributed by atoms with Crippen LogP contribution < -0.4 is 5.32 Å². The molecule has 4 nitrogen and oxygen atoms in total. The highest BCUT2D eigenvalue weighted by molar-refractivity contribution is 14.1. The molecule has 1 aromatic carbocycles. The molecule has 1 aliphatic rings. The number of nitrogens with zero attached hydrogens (tertiary/aromatic N) is 2. The third kappa shape index (κ3) is 3.42. The monoisotopic (exact) mass is 481 g/mol. The standard InChI is InChI=1S/C19H17FIN3OS/c20-14-11-12(21)6-7-15(14)23-18-16(13-5-4-8-22-17(13)26-18)19(25)24-9-2-1-3-10-24/h4-8,11,23H,1-3,9-10H2. The molecule has 0 aliphatic carbocycles. The minimum atomic E-state index is -0.335. The lowest BCUT2D eigenvalue weighted by Gasteiger charge is -2.27. The second kappa shape index (κ2) is 7.48. The van der Waals surface area contributed by atoms with Crippen molar-refractivity contribution >= 4 is 60.7 Å². The van der Waals surface area contributed by atoms with Crippen LogP contribution in [0.15, 0.2) is 36.5 Å². The summed E-state index contributed by atoms with van der Waals surface area (Å²) in [5.41, 5.74) is 0.961. The molecule has 0 spiro atoms. The summed E-state index contributed by atoms with van der Waals surface area (Å²) < 4.78 is 15.1. The van der Waals surface area contributed by atoms with Crippen molar-refractivity contribution in [1.29, 1.82) is 0 Å². The van der Waals surface area contributed by atoms with Gasteiger partial charge in [0.25, 0.3) is 5.91 Å². The predicted octanol–water partition coefficient (Wildman–Crippen LogP) is 5.41. The fourth-order valence-corrected chi connectivity index (χ4v) is 4.70. The van der Waals surface area contributed by atoms with E-state index in [1.165, 1.54) is 17.4 Å². The molecule has 1 N–H and O–H groups in total. The quantitative estimate of drug-likeness (QED) is 0.509. The van der Waals surface area contributed by atoms with Crippen molar-refractivity contribution in [3.05, 3.63) is 51.5 Å². The number of anilines is 2. The molecule has 7 heteroatoms. The molecule has 0 unspecified atom stereocenters. The normalized spacial score (nSPS) is 14.6. The third-order valence-corrected chi connectivity index (χ3v) is 6.20. The summed E-state index contributed by atoms with van der Waals surface area (Å²) in [5, 5.41) is 4.60. The molecule has 1 fully saturated rings. The zero-order chi connectivity index (χ0) is 18.1. The third-order valence-electron chi connectivity index (χ3n) is 4.50. The van der Waals surface area contributed by atoms with Gasteiger partial charge in [-0.2, -0.15) is 0 Å². The van der Waals surface area contributed by atoms with E-state index in [4.69, 9.17) is 0 Å². The fraction of sp³-hybridized carbons (Fsp3) is 0.263. The number of halogens is 2. The highest BCUT2D eigenvalue weighted by Gasteiger charge is 2.26. The first-order valence-electron chi connectivity index (χ1n) is 8.52. The van der Waals surface area contributed by atoms with E-state index in [-0.39, 0.29) is 11.7 Å². The smallest absolute Gasteiger partial charge is 0.257 e. The molecule has 134 valence electrons. The molecule has 1 saturated heterocycles. The maximum atomic E-state index is 14.3. The number of thiophene rings is 1. The average Bonchev–Trinajstić information content (AvgIpc) is 3.02. The summed E-state index contributed by atoms with van der Waals surface area (Å²) in [7, 11) is 0. The van der Waals surface area contributed by atoms with Crippen LogP contribution in [0.5, 0.6) is 0 Å². The lowest BCUT2D eigenvalue weighted by molar-refractivity contribution is 0.0727. The number of benzene rings is 1. The molecule has 0 radical (unpaired) electrons. The Hall–Kier alpha value is -1.74. The molecule has 2 aromatic heterocycles. The van der Waals surface area contributed by atoms with Crippen molar-refractivity contribution in [1.82, 2.24) is 9.88 Å². The predicted molar refractivity (Wildman–Crippen MR) is 112 cm³/mol.